The molecule has 5 heterocycles. The number of nitrogens with zero attached hydrogens (tertiary/aromatic N) is 5. The second-order valence-electron chi connectivity index (χ2n) is 21.1. The monoisotopic (exact) mass is 1120 g/mol. The topological polar surface area (TPSA) is 209 Å². The molecule has 23 heteroatoms. The highest BCUT2D eigenvalue weighted by atomic mass is 19.1. The number of fused-ring (bicyclic) bond motifs is 1. The smallest absolute Gasteiger partial charge is 0.407 e. The quantitative estimate of drug-likeness (QED) is 0.0436. The molecule has 4 saturated heterocycles. The minimum absolute atomic E-state index is 0.0386. The molecule has 4 aromatic carbocycles. The van der Waals surface area contributed by atoms with Crippen LogP contribution in [0.1, 0.15) is 112 Å². The van der Waals surface area contributed by atoms with E-state index in [0.717, 1.165) is 5.56 Å². The van der Waals surface area contributed by atoms with E-state index in [4.69, 9.17) is 29.7 Å². The first-order valence-corrected chi connectivity index (χ1v) is 27.1. The van der Waals surface area contributed by atoms with Crippen molar-refractivity contribution < 1.29 is 60.1 Å². The minimum atomic E-state index is -1.08. The molecule has 8 atom stereocenters. The van der Waals surface area contributed by atoms with Gasteiger partial charge < -0.3 is 65.2 Å². The number of ether oxygens (including phenoxy) is 4. The summed E-state index contributed by atoms with van der Waals surface area (Å²) in [6, 6.07) is 9.33. The van der Waals surface area contributed by atoms with Gasteiger partial charge in [-0.15, -0.1) is 0 Å². The molecule has 0 unspecified atom stereocenters. The van der Waals surface area contributed by atoms with Crippen LogP contribution in [0.3, 0.4) is 0 Å². The lowest BCUT2D eigenvalue weighted by atomic mass is 9.89. The van der Waals surface area contributed by atoms with Crippen LogP contribution in [0.5, 0.6) is 0 Å². The molecule has 0 spiro atoms. The Morgan fingerprint density at radius 3 is 1.84 bits per heavy atom. The van der Waals surface area contributed by atoms with Crippen LogP contribution in [0.25, 0.3) is 11.0 Å². The SMILES string of the molecule is COC(=O)N[C@H](C(=O)N1CCC[C@H]1CNc1cc(F)c([C@H]2CC[C@H](c3cc4[nH]c([C@@H]5CCCN5C(=O)[C@@H](NC(=O)OC)[C@@H](C)OC)nc4cc3F)N2c2cc(F)c(N3CCC(c4ccc(F)cc4)CC3)c(F)c2)cc1N)[C@@H](C)OC. The number of aromatic nitrogens is 2. The van der Waals surface area contributed by atoms with E-state index in [-0.39, 0.29) is 82.5 Å². The molecule has 4 aliphatic heterocycles. The number of anilines is 4. The third-order valence-corrected chi connectivity index (χ3v) is 16.5. The van der Waals surface area contributed by atoms with Crippen LogP contribution < -0.4 is 31.5 Å². The van der Waals surface area contributed by atoms with Gasteiger partial charge in [-0.3, -0.25) is 9.59 Å². The van der Waals surface area contributed by atoms with Crippen molar-refractivity contribution >= 4 is 57.8 Å². The number of halogens is 5. The van der Waals surface area contributed by atoms with Crippen LogP contribution >= 0.6 is 0 Å². The third kappa shape index (κ3) is 11.8. The lowest BCUT2D eigenvalue weighted by Gasteiger charge is -2.36. The van der Waals surface area contributed by atoms with E-state index in [0.29, 0.717) is 76.0 Å². The standard InChI is InChI=1S/C57H69F5N10O8/c1-30(77-3)50(67-56(75)79-5)54(73)70-19-7-9-35(70)29-64-44-27-39(59)37(25-43(44)63)47-15-16-48(72(47)36-23-41(61)52(42(62)24-36)69-21-17-33(18-22-69)32-11-13-34(58)14-12-32)38-26-45-46(28-40(38)60)66-53(65-45)49-10-8-20-71(49)55(74)51(31(2)78-4)68-57(76)80-6/h11-14,23-28,30-31,33,35,47-51,64H,7-10,15-22,29,63H2,1-6H3,(H,65,66)(H,67,75)(H,68,76)/t30-,31-,35+,47-,48-,49+,50+,51+/m1/s1. The first-order chi connectivity index (χ1) is 38.4. The van der Waals surface area contributed by atoms with E-state index in [1.807, 2.05) is 0 Å². The zero-order valence-electron chi connectivity index (χ0n) is 45.6. The zero-order chi connectivity index (χ0) is 57.1. The molecule has 0 aliphatic carbocycles. The number of aromatic amines is 1. The van der Waals surface area contributed by atoms with E-state index in [1.165, 1.54) is 70.9 Å². The van der Waals surface area contributed by atoms with E-state index < -0.39 is 83.8 Å². The molecular weight excluding hydrogens is 1050 g/mol. The Balaban J connectivity index is 1.02. The molecule has 4 amide bonds. The van der Waals surface area contributed by atoms with E-state index >= 15 is 17.6 Å². The van der Waals surface area contributed by atoms with Crippen LogP contribution in [-0.4, -0.2) is 135 Å². The number of H-pyrrole nitrogens is 1. The van der Waals surface area contributed by atoms with Gasteiger partial charge in [0.05, 0.1) is 67.0 Å². The van der Waals surface area contributed by atoms with Gasteiger partial charge in [0.25, 0.3) is 0 Å². The number of likely N-dealkylation sites (tertiary alicyclic amines) is 2. The summed E-state index contributed by atoms with van der Waals surface area (Å²) in [6.45, 7) is 4.88. The Morgan fingerprint density at radius 2 is 1.24 bits per heavy atom. The molecular formula is C57H69F5N10O8. The first kappa shape index (κ1) is 57.3. The Labute approximate surface area is 460 Å². The maximum absolute atomic E-state index is 17.0. The van der Waals surface area contributed by atoms with Crippen molar-refractivity contribution in [2.75, 3.05) is 82.0 Å². The number of rotatable bonds is 17. The minimum Gasteiger partial charge on any atom is -0.453 e. The predicted molar refractivity (Wildman–Crippen MR) is 290 cm³/mol. The average molecular weight is 1120 g/mol. The van der Waals surface area contributed by atoms with E-state index in [9.17, 15) is 23.6 Å². The number of hydrogen-bond acceptors (Lipinski definition) is 13. The van der Waals surface area contributed by atoms with Crippen LogP contribution in [0.2, 0.25) is 0 Å². The maximum Gasteiger partial charge on any atom is 0.407 e. The fraction of sp³-hybridized carbons (Fsp3) is 0.491. The number of nitrogens with one attached hydrogen (secondary N) is 4. The molecule has 5 aromatic rings. The summed E-state index contributed by atoms with van der Waals surface area (Å²) in [6.07, 6.45) is 0.973. The van der Waals surface area contributed by atoms with Gasteiger partial charge in [0.2, 0.25) is 11.8 Å². The number of amides is 4. The Kier molecular flexibility index (Phi) is 17.6. The summed E-state index contributed by atoms with van der Waals surface area (Å²) in [5.74, 6) is -3.79. The van der Waals surface area contributed by atoms with Crippen molar-refractivity contribution in [3.63, 3.8) is 0 Å². The van der Waals surface area contributed by atoms with Gasteiger partial charge in [-0.25, -0.2) is 36.5 Å². The third-order valence-electron chi connectivity index (χ3n) is 16.5. The highest BCUT2D eigenvalue weighted by Crippen LogP contribution is 2.50. The lowest BCUT2D eigenvalue weighted by Crippen LogP contribution is -2.55. The Bertz CT molecular complexity index is 3050. The molecule has 80 heavy (non-hydrogen) atoms. The van der Waals surface area contributed by atoms with Crippen molar-refractivity contribution in [3.8, 4) is 0 Å². The summed E-state index contributed by atoms with van der Waals surface area (Å²) in [4.78, 5) is 66.9. The van der Waals surface area contributed by atoms with Crippen molar-refractivity contribution in [2.24, 2.45) is 0 Å². The molecule has 18 nitrogen and oxygen atoms in total. The number of alkyl carbamates (subject to hydrolysis) is 2. The normalized spacial score (nSPS) is 21.1. The van der Waals surface area contributed by atoms with Gasteiger partial charge >= 0.3 is 12.2 Å². The van der Waals surface area contributed by atoms with Gasteiger partial charge in [0.15, 0.2) is 11.6 Å². The van der Waals surface area contributed by atoms with Crippen molar-refractivity contribution in [2.45, 2.75) is 120 Å². The molecule has 4 fully saturated rings. The Morgan fingerprint density at radius 1 is 0.675 bits per heavy atom. The lowest BCUT2D eigenvalue weighted by molar-refractivity contribution is -0.138. The highest BCUT2D eigenvalue weighted by Gasteiger charge is 2.43. The molecule has 1 aromatic heterocycles. The van der Waals surface area contributed by atoms with Crippen LogP contribution in [0.15, 0.2) is 60.7 Å². The molecule has 0 bridgehead atoms. The predicted octanol–water partition coefficient (Wildman–Crippen LogP) is 8.89. The summed E-state index contributed by atoms with van der Waals surface area (Å²) in [5, 5.41) is 8.34. The van der Waals surface area contributed by atoms with Crippen molar-refractivity contribution in [3.05, 3.63) is 112 Å². The number of piperidine rings is 1. The number of benzene rings is 4. The zero-order valence-corrected chi connectivity index (χ0v) is 45.6. The second kappa shape index (κ2) is 24.5. The molecule has 4 aliphatic rings. The van der Waals surface area contributed by atoms with Gasteiger partial charge in [-0.05, 0) is 119 Å². The fourth-order valence-electron chi connectivity index (χ4n) is 12.1. The van der Waals surface area contributed by atoms with Gasteiger partial charge in [0, 0.05) is 75.9 Å². The number of carbonyl (C=O) groups is 4. The number of hydrogen-bond donors (Lipinski definition) is 5. The van der Waals surface area contributed by atoms with Crippen LogP contribution in [-0.2, 0) is 28.5 Å². The molecule has 6 N–H and O–H groups in total. The summed E-state index contributed by atoms with van der Waals surface area (Å²) in [7, 11) is 5.23. The fourth-order valence-corrected chi connectivity index (χ4v) is 12.1. The number of nitrogen functional groups attached to an aromatic ring is 1. The largest absolute Gasteiger partial charge is 0.453 e. The summed E-state index contributed by atoms with van der Waals surface area (Å²) >= 11 is 0. The Hall–Kier alpha value is -7.40. The number of nitrogens with two attached hydrogens (primary N) is 1. The molecule has 0 saturated carbocycles. The van der Waals surface area contributed by atoms with Gasteiger partial charge in [-0.2, -0.15) is 0 Å². The van der Waals surface area contributed by atoms with E-state index in [2.05, 4.69) is 20.9 Å². The molecule has 9 rings (SSSR count). The number of carbonyl (C=O) groups excluding carboxylic acids is 4. The average Bonchev–Trinajstić information content (AvgIpc) is 4.36. The van der Waals surface area contributed by atoms with Crippen LogP contribution in [0, 0.1) is 29.1 Å². The first-order valence-electron chi connectivity index (χ1n) is 27.1. The second-order valence-corrected chi connectivity index (χ2v) is 21.1. The van der Waals surface area contributed by atoms with E-state index in [1.54, 1.807) is 51.6 Å². The highest BCUT2D eigenvalue weighted by molar-refractivity contribution is 5.88. The number of imidazole rings is 1. The van der Waals surface area contributed by atoms with Crippen LogP contribution in [0.4, 0.5) is 54.3 Å². The maximum atomic E-state index is 17.0. The summed E-state index contributed by atoms with van der Waals surface area (Å²) in [5.41, 5.74) is 8.78. The molecule has 430 valence electrons. The van der Waals surface area contributed by atoms with Crippen molar-refractivity contribution in [1.29, 1.82) is 0 Å². The van der Waals surface area contributed by atoms with Gasteiger partial charge in [0.1, 0.15) is 41.0 Å². The van der Waals surface area contributed by atoms with Crippen molar-refractivity contribution in [1.82, 2.24) is 30.4 Å². The number of methoxy groups -OCH3 is 4. The molecule has 0 radical (unpaired) electrons. The van der Waals surface area contributed by atoms with Gasteiger partial charge in [-0.1, -0.05) is 12.1 Å². The summed E-state index contributed by atoms with van der Waals surface area (Å²) < 4.78 is 102.